The van der Waals surface area contributed by atoms with E-state index in [9.17, 15) is 0 Å². The summed E-state index contributed by atoms with van der Waals surface area (Å²) in [5.41, 5.74) is 2.82. The predicted molar refractivity (Wildman–Crippen MR) is 89.3 cm³/mol. The van der Waals surface area contributed by atoms with E-state index in [-0.39, 0.29) is 0 Å². The smallest absolute Gasteiger partial charge is 0.170 e. The number of oxime groups is 1. The van der Waals surface area contributed by atoms with E-state index in [0.29, 0.717) is 30.3 Å². The van der Waals surface area contributed by atoms with Crippen molar-refractivity contribution in [3.05, 3.63) is 53.1 Å². The summed E-state index contributed by atoms with van der Waals surface area (Å²) in [6.45, 7) is 4.78. The molecule has 23 heavy (non-hydrogen) atoms. The molecule has 0 amide bonds. The average molecular weight is 315 g/mol. The highest BCUT2D eigenvalue weighted by Crippen LogP contribution is 2.30. The standard InChI is InChI=1S/C18H21NO4/c1-13-6-4-7-14(2)17(13)22-10-11-23-18-15(12-19-20)8-5-9-16(18)21-3/h4-9,12,20H,10-11H2,1-3H3. The molecule has 5 nitrogen and oxygen atoms in total. The lowest BCUT2D eigenvalue weighted by Gasteiger charge is -2.15. The lowest BCUT2D eigenvalue weighted by Crippen LogP contribution is -2.11. The second-order valence-electron chi connectivity index (χ2n) is 5.04. The van der Waals surface area contributed by atoms with Gasteiger partial charge < -0.3 is 19.4 Å². The van der Waals surface area contributed by atoms with Gasteiger partial charge in [0.05, 0.1) is 13.3 Å². The molecule has 1 N–H and O–H groups in total. The first-order valence-electron chi connectivity index (χ1n) is 7.33. The summed E-state index contributed by atoms with van der Waals surface area (Å²) in [7, 11) is 1.56. The molecule has 2 aromatic rings. The number of para-hydroxylation sites is 2. The van der Waals surface area contributed by atoms with Crippen LogP contribution in [-0.4, -0.2) is 31.7 Å². The minimum atomic E-state index is 0.348. The zero-order chi connectivity index (χ0) is 16.7. The molecule has 5 heteroatoms. The van der Waals surface area contributed by atoms with Crippen LogP contribution < -0.4 is 14.2 Å². The Balaban J connectivity index is 2.01. The molecule has 0 aromatic heterocycles. The first-order valence-corrected chi connectivity index (χ1v) is 7.33. The number of rotatable bonds is 7. The predicted octanol–water partition coefficient (Wildman–Crippen LogP) is 3.58. The number of hydrogen-bond acceptors (Lipinski definition) is 5. The topological polar surface area (TPSA) is 60.3 Å². The molecule has 0 aliphatic heterocycles. The molecule has 0 heterocycles. The van der Waals surface area contributed by atoms with Gasteiger partial charge >= 0.3 is 0 Å². The molecular formula is C18H21NO4. The van der Waals surface area contributed by atoms with Crippen LogP contribution in [0.1, 0.15) is 16.7 Å². The maximum absolute atomic E-state index is 8.74. The minimum absolute atomic E-state index is 0.348. The Bertz CT molecular complexity index is 662. The van der Waals surface area contributed by atoms with Gasteiger partial charge in [0.15, 0.2) is 11.5 Å². The molecule has 2 aromatic carbocycles. The number of methoxy groups -OCH3 is 1. The number of hydrogen-bond donors (Lipinski definition) is 1. The molecule has 0 spiro atoms. The van der Waals surface area contributed by atoms with Gasteiger partial charge in [0, 0.05) is 5.56 Å². The van der Waals surface area contributed by atoms with Gasteiger partial charge in [-0.05, 0) is 37.1 Å². The summed E-state index contributed by atoms with van der Waals surface area (Å²) in [6.07, 6.45) is 1.31. The van der Waals surface area contributed by atoms with Crippen molar-refractivity contribution < 1.29 is 19.4 Å². The molecule has 0 atom stereocenters. The lowest BCUT2D eigenvalue weighted by molar-refractivity contribution is 0.209. The van der Waals surface area contributed by atoms with E-state index >= 15 is 0 Å². The fraction of sp³-hybridized carbons (Fsp3) is 0.278. The normalized spacial score (nSPS) is 10.7. The summed E-state index contributed by atoms with van der Waals surface area (Å²) >= 11 is 0. The van der Waals surface area contributed by atoms with Crippen molar-refractivity contribution in [2.75, 3.05) is 20.3 Å². The maximum atomic E-state index is 8.74. The molecule has 2 rings (SSSR count). The lowest BCUT2D eigenvalue weighted by atomic mass is 10.1. The molecule has 0 saturated heterocycles. The Morgan fingerprint density at radius 1 is 0.957 bits per heavy atom. The second-order valence-corrected chi connectivity index (χ2v) is 5.04. The van der Waals surface area contributed by atoms with Crippen LogP contribution in [-0.2, 0) is 0 Å². The highest BCUT2D eigenvalue weighted by atomic mass is 16.5. The van der Waals surface area contributed by atoms with E-state index < -0.39 is 0 Å². The SMILES string of the molecule is COc1cccc(C=NO)c1OCCOc1c(C)cccc1C. The van der Waals surface area contributed by atoms with Gasteiger partial charge in [-0.25, -0.2) is 0 Å². The van der Waals surface area contributed by atoms with Crippen LogP contribution in [0.3, 0.4) is 0 Å². The Labute approximate surface area is 136 Å². The van der Waals surface area contributed by atoms with Crippen LogP contribution in [0.2, 0.25) is 0 Å². The molecule has 0 radical (unpaired) electrons. The van der Waals surface area contributed by atoms with E-state index in [1.807, 2.05) is 32.0 Å². The van der Waals surface area contributed by atoms with Crippen molar-refractivity contribution in [1.29, 1.82) is 0 Å². The Hall–Kier alpha value is -2.69. The first-order chi connectivity index (χ1) is 11.2. The Morgan fingerprint density at radius 2 is 1.57 bits per heavy atom. The Morgan fingerprint density at radius 3 is 2.17 bits per heavy atom. The van der Waals surface area contributed by atoms with E-state index in [4.69, 9.17) is 19.4 Å². The molecule has 0 bridgehead atoms. The summed E-state index contributed by atoms with van der Waals surface area (Å²) in [5, 5.41) is 11.8. The van der Waals surface area contributed by atoms with E-state index in [1.54, 1.807) is 25.3 Å². The van der Waals surface area contributed by atoms with Crippen LogP contribution in [0, 0.1) is 13.8 Å². The number of benzene rings is 2. The molecule has 0 fully saturated rings. The van der Waals surface area contributed by atoms with Gasteiger partial charge in [-0.3, -0.25) is 0 Å². The van der Waals surface area contributed by atoms with Gasteiger partial charge in [-0.15, -0.1) is 0 Å². The number of nitrogens with zero attached hydrogens (tertiary/aromatic N) is 1. The molecule has 0 aliphatic rings. The number of ether oxygens (including phenoxy) is 3. The number of aryl methyl sites for hydroxylation is 2. The van der Waals surface area contributed by atoms with Gasteiger partial charge in [-0.1, -0.05) is 29.4 Å². The minimum Gasteiger partial charge on any atom is -0.493 e. The van der Waals surface area contributed by atoms with E-state index in [2.05, 4.69) is 5.16 Å². The van der Waals surface area contributed by atoms with Crippen molar-refractivity contribution in [2.24, 2.45) is 5.16 Å². The van der Waals surface area contributed by atoms with Gasteiger partial charge in [0.25, 0.3) is 0 Å². The molecule has 0 aliphatic carbocycles. The summed E-state index contributed by atoms with van der Waals surface area (Å²) in [6, 6.07) is 11.4. The van der Waals surface area contributed by atoms with Crippen molar-refractivity contribution >= 4 is 6.21 Å². The summed E-state index contributed by atoms with van der Waals surface area (Å²) in [5.74, 6) is 1.99. The highest BCUT2D eigenvalue weighted by molar-refractivity contribution is 5.84. The van der Waals surface area contributed by atoms with Crippen LogP contribution in [0.25, 0.3) is 0 Å². The van der Waals surface area contributed by atoms with Crippen LogP contribution >= 0.6 is 0 Å². The zero-order valence-corrected chi connectivity index (χ0v) is 13.6. The zero-order valence-electron chi connectivity index (χ0n) is 13.6. The third-order valence-corrected chi connectivity index (χ3v) is 3.41. The van der Waals surface area contributed by atoms with Crippen LogP contribution in [0.15, 0.2) is 41.6 Å². The molecular weight excluding hydrogens is 294 g/mol. The van der Waals surface area contributed by atoms with Crippen molar-refractivity contribution in [3.8, 4) is 17.2 Å². The van der Waals surface area contributed by atoms with Crippen molar-refractivity contribution in [2.45, 2.75) is 13.8 Å². The van der Waals surface area contributed by atoms with E-state index in [1.165, 1.54) is 6.21 Å². The third-order valence-electron chi connectivity index (χ3n) is 3.41. The first kappa shape index (κ1) is 16.7. The fourth-order valence-electron chi connectivity index (χ4n) is 2.33. The highest BCUT2D eigenvalue weighted by Gasteiger charge is 2.10. The maximum Gasteiger partial charge on any atom is 0.170 e. The quantitative estimate of drug-likeness (QED) is 0.367. The van der Waals surface area contributed by atoms with E-state index in [0.717, 1.165) is 16.9 Å². The Kier molecular flexibility index (Phi) is 5.86. The largest absolute Gasteiger partial charge is 0.493 e. The molecule has 122 valence electrons. The molecule has 0 saturated carbocycles. The van der Waals surface area contributed by atoms with Gasteiger partial charge in [0.2, 0.25) is 0 Å². The monoisotopic (exact) mass is 315 g/mol. The van der Waals surface area contributed by atoms with Crippen molar-refractivity contribution in [1.82, 2.24) is 0 Å². The van der Waals surface area contributed by atoms with Gasteiger partial charge in [0.1, 0.15) is 19.0 Å². The summed E-state index contributed by atoms with van der Waals surface area (Å²) < 4.78 is 16.9. The summed E-state index contributed by atoms with van der Waals surface area (Å²) in [4.78, 5) is 0. The average Bonchev–Trinajstić information content (AvgIpc) is 2.55. The van der Waals surface area contributed by atoms with Crippen LogP contribution in [0.5, 0.6) is 17.2 Å². The third kappa shape index (κ3) is 4.16. The van der Waals surface area contributed by atoms with Gasteiger partial charge in [-0.2, -0.15) is 0 Å². The fourth-order valence-corrected chi connectivity index (χ4v) is 2.33. The van der Waals surface area contributed by atoms with Crippen molar-refractivity contribution in [3.63, 3.8) is 0 Å². The second kappa shape index (κ2) is 8.08. The van der Waals surface area contributed by atoms with Crippen LogP contribution in [0.4, 0.5) is 0 Å². The molecule has 0 unspecified atom stereocenters.